The van der Waals surface area contributed by atoms with Crippen LogP contribution in [0.4, 0.5) is 0 Å². The lowest BCUT2D eigenvalue weighted by Gasteiger charge is -2.24. The summed E-state index contributed by atoms with van der Waals surface area (Å²) in [5.74, 6) is -1.80. The average Bonchev–Trinajstić information content (AvgIpc) is 2.70. The van der Waals surface area contributed by atoms with Crippen LogP contribution in [0.1, 0.15) is 17.6 Å². The first kappa shape index (κ1) is 14.9. The summed E-state index contributed by atoms with van der Waals surface area (Å²) in [6.45, 7) is 3.34. The molecular formula is C10H15N3O3S2. The summed E-state index contributed by atoms with van der Waals surface area (Å²) >= 11 is 5.38. The Labute approximate surface area is 114 Å². The molecule has 0 fully saturated rings. The fraction of sp³-hybridized carbons (Fsp3) is 0.500. The second-order valence-corrected chi connectivity index (χ2v) is 5.55. The van der Waals surface area contributed by atoms with Gasteiger partial charge < -0.3 is 16.2 Å². The molecular weight excluding hydrogens is 274 g/mol. The second-order valence-electron chi connectivity index (χ2n) is 4.09. The SMILES string of the molecule is Cc1csc(CNC(=O)C(S)C(C)(N)C(=O)O)n1. The molecule has 0 saturated heterocycles. The van der Waals surface area contributed by atoms with Gasteiger partial charge in [-0.25, -0.2) is 4.98 Å². The highest BCUT2D eigenvalue weighted by molar-refractivity contribution is 7.82. The summed E-state index contributed by atoms with van der Waals surface area (Å²) in [7, 11) is 0. The maximum atomic E-state index is 11.7. The zero-order valence-corrected chi connectivity index (χ0v) is 11.7. The molecule has 100 valence electrons. The first-order chi connectivity index (χ1) is 8.25. The number of carbonyl (C=O) groups is 2. The van der Waals surface area contributed by atoms with Crippen molar-refractivity contribution >= 4 is 35.8 Å². The van der Waals surface area contributed by atoms with Crippen LogP contribution in [0.15, 0.2) is 5.38 Å². The fourth-order valence-corrected chi connectivity index (χ4v) is 2.05. The quantitative estimate of drug-likeness (QED) is 0.578. The zero-order chi connectivity index (χ0) is 13.9. The third-order valence-electron chi connectivity index (χ3n) is 2.36. The smallest absolute Gasteiger partial charge is 0.325 e. The number of aliphatic carboxylic acids is 1. The van der Waals surface area contributed by atoms with Crippen molar-refractivity contribution in [2.75, 3.05) is 0 Å². The number of aromatic nitrogens is 1. The maximum absolute atomic E-state index is 11.7. The lowest BCUT2D eigenvalue weighted by Crippen LogP contribution is -2.57. The Bertz CT molecular complexity index is 459. The number of nitrogens with zero attached hydrogens (tertiary/aromatic N) is 1. The number of rotatable bonds is 5. The Morgan fingerprint density at radius 2 is 2.33 bits per heavy atom. The lowest BCUT2D eigenvalue weighted by molar-refractivity contribution is -0.144. The number of hydrogen-bond donors (Lipinski definition) is 4. The number of thiol groups is 1. The standard InChI is InChI=1S/C10H15N3O3S2/c1-5-4-18-6(13-5)3-12-8(14)7(17)10(2,11)9(15)16/h4,7,17H,3,11H2,1-2H3,(H,12,14)(H,15,16). The van der Waals surface area contributed by atoms with Gasteiger partial charge in [-0.15, -0.1) is 11.3 Å². The highest BCUT2D eigenvalue weighted by Gasteiger charge is 2.39. The number of nitrogens with one attached hydrogen (secondary N) is 1. The van der Waals surface area contributed by atoms with Crippen molar-refractivity contribution in [2.24, 2.45) is 5.73 Å². The Hall–Kier alpha value is -1.12. The molecule has 0 spiro atoms. The average molecular weight is 289 g/mol. The lowest BCUT2D eigenvalue weighted by atomic mass is 9.98. The Morgan fingerprint density at radius 3 is 2.78 bits per heavy atom. The molecule has 4 N–H and O–H groups in total. The van der Waals surface area contributed by atoms with E-state index in [4.69, 9.17) is 10.8 Å². The van der Waals surface area contributed by atoms with Gasteiger partial charge in [-0.2, -0.15) is 12.6 Å². The molecule has 1 aromatic heterocycles. The van der Waals surface area contributed by atoms with Gasteiger partial charge in [0.15, 0.2) is 0 Å². The van der Waals surface area contributed by atoms with E-state index in [0.29, 0.717) is 0 Å². The predicted molar refractivity (Wildman–Crippen MR) is 71.7 cm³/mol. The minimum absolute atomic E-state index is 0.240. The van der Waals surface area contributed by atoms with Crippen molar-refractivity contribution in [1.29, 1.82) is 0 Å². The Morgan fingerprint density at radius 1 is 1.72 bits per heavy atom. The van der Waals surface area contributed by atoms with Gasteiger partial charge in [-0.05, 0) is 13.8 Å². The van der Waals surface area contributed by atoms with E-state index >= 15 is 0 Å². The molecule has 18 heavy (non-hydrogen) atoms. The van der Waals surface area contributed by atoms with Gasteiger partial charge in [-0.1, -0.05) is 0 Å². The van der Waals surface area contributed by atoms with E-state index in [1.54, 1.807) is 0 Å². The van der Waals surface area contributed by atoms with Crippen LogP contribution in [0.5, 0.6) is 0 Å². The van der Waals surface area contributed by atoms with Gasteiger partial charge in [0.05, 0.1) is 6.54 Å². The summed E-state index contributed by atoms with van der Waals surface area (Å²) in [4.78, 5) is 26.8. The largest absolute Gasteiger partial charge is 0.480 e. The van der Waals surface area contributed by atoms with Crippen LogP contribution in [-0.2, 0) is 16.1 Å². The molecule has 1 amide bonds. The molecule has 0 radical (unpaired) electrons. The molecule has 8 heteroatoms. The van der Waals surface area contributed by atoms with Crippen LogP contribution >= 0.6 is 24.0 Å². The number of amides is 1. The van der Waals surface area contributed by atoms with Crippen molar-refractivity contribution in [2.45, 2.75) is 31.2 Å². The first-order valence-electron chi connectivity index (χ1n) is 5.14. The van der Waals surface area contributed by atoms with Gasteiger partial charge >= 0.3 is 5.97 Å². The molecule has 0 aliphatic heterocycles. The number of thiazole rings is 1. The van der Waals surface area contributed by atoms with Gasteiger partial charge in [-0.3, -0.25) is 9.59 Å². The molecule has 0 aliphatic rings. The number of nitrogens with two attached hydrogens (primary N) is 1. The van der Waals surface area contributed by atoms with Crippen LogP contribution in [0, 0.1) is 6.92 Å². The van der Waals surface area contributed by atoms with Gasteiger partial charge in [0.1, 0.15) is 15.8 Å². The third-order valence-corrected chi connectivity index (χ3v) is 4.10. The van der Waals surface area contributed by atoms with Crippen LogP contribution in [0.3, 0.4) is 0 Å². The number of carboxylic acids is 1. The van der Waals surface area contributed by atoms with Crippen LogP contribution in [0.25, 0.3) is 0 Å². The second kappa shape index (κ2) is 5.68. The van der Waals surface area contributed by atoms with Gasteiger partial charge in [0.2, 0.25) is 5.91 Å². The predicted octanol–water partition coefficient (Wildman–Crippen LogP) is 0.168. The van der Waals surface area contributed by atoms with Crippen LogP contribution in [0.2, 0.25) is 0 Å². The van der Waals surface area contributed by atoms with Crippen molar-refractivity contribution in [3.8, 4) is 0 Å². The van der Waals surface area contributed by atoms with Crippen molar-refractivity contribution in [3.05, 3.63) is 16.1 Å². The van der Waals surface area contributed by atoms with Crippen LogP contribution in [-0.4, -0.2) is 32.8 Å². The molecule has 2 unspecified atom stereocenters. The zero-order valence-electron chi connectivity index (χ0n) is 10.0. The summed E-state index contributed by atoms with van der Waals surface area (Å²) in [6.07, 6.45) is 0. The number of hydrogen-bond acceptors (Lipinski definition) is 6. The molecule has 1 heterocycles. The van der Waals surface area contributed by atoms with Crippen LogP contribution < -0.4 is 11.1 Å². The van der Waals surface area contributed by atoms with E-state index in [0.717, 1.165) is 10.7 Å². The van der Waals surface area contributed by atoms with Gasteiger partial charge in [0, 0.05) is 11.1 Å². The minimum Gasteiger partial charge on any atom is -0.480 e. The number of carbonyl (C=O) groups excluding carboxylic acids is 1. The molecule has 0 aliphatic carbocycles. The normalized spacial score (nSPS) is 15.8. The molecule has 0 bridgehead atoms. The fourth-order valence-electron chi connectivity index (χ4n) is 1.13. The maximum Gasteiger partial charge on any atom is 0.325 e. The Kier molecular flexibility index (Phi) is 4.71. The summed E-state index contributed by atoms with van der Waals surface area (Å²) in [5.41, 5.74) is 4.69. The molecule has 0 aromatic carbocycles. The molecule has 2 atom stereocenters. The summed E-state index contributed by atoms with van der Waals surface area (Å²) in [5, 5.41) is 12.9. The Balaban J connectivity index is 2.58. The molecule has 6 nitrogen and oxygen atoms in total. The third kappa shape index (κ3) is 3.44. The van der Waals surface area contributed by atoms with E-state index in [1.165, 1.54) is 18.3 Å². The van der Waals surface area contributed by atoms with E-state index in [1.807, 2.05) is 12.3 Å². The molecule has 1 rings (SSSR count). The van der Waals surface area contributed by atoms with Crippen molar-refractivity contribution < 1.29 is 14.7 Å². The highest BCUT2D eigenvalue weighted by atomic mass is 32.1. The van der Waals surface area contributed by atoms with Crippen molar-refractivity contribution in [1.82, 2.24) is 10.3 Å². The molecule has 1 aromatic rings. The van der Waals surface area contributed by atoms with E-state index < -0.39 is 22.7 Å². The summed E-state index contributed by atoms with van der Waals surface area (Å²) in [6, 6.07) is 0. The number of aryl methyl sites for hydroxylation is 1. The molecule has 0 saturated carbocycles. The van der Waals surface area contributed by atoms with Crippen molar-refractivity contribution in [3.63, 3.8) is 0 Å². The van der Waals surface area contributed by atoms with E-state index in [9.17, 15) is 9.59 Å². The van der Waals surface area contributed by atoms with E-state index in [2.05, 4.69) is 22.9 Å². The topological polar surface area (TPSA) is 105 Å². The van der Waals surface area contributed by atoms with E-state index in [-0.39, 0.29) is 6.54 Å². The first-order valence-corrected chi connectivity index (χ1v) is 6.53. The number of carboxylic acid groups (broad SMARTS) is 1. The monoisotopic (exact) mass is 289 g/mol. The minimum atomic E-state index is -1.72. The van der Waals surface area contributed by atoms with Gasteiger partial charge in [0.25, 0.3) is 0 Å². The highest BCUT2D eigenvalue weighted by Crippen LogP contribution is 2.14. The summed E-state index contributed by atoms with van der Waals surface area (Å²) < 4.78 is 0.